The molecule has 0 radical (unpaired) electrons. The van der Waals surface area contributed by atoms with Crippen molar-refractivity contribution in [3.63, 3.8) is 0 Å². The zero-order chi connectivity index (χ0) is 15.2. The number of amides is 1. The second kappa shape index (κ2) is 7.17. The van der Waals surface area contributed by atoms with Crippen molar-refractivity contribution < 1.29 is 23.5 Å². The average Bonchev–Trinajstić information content (AvgIpc) is 2.49. The van der Waals surface area contributed by atoms with E-state index in [-0.39, 0.29) is 36.6 Å². The first-order valence-corrected chi connectivity index (χ1v) is 6.79. The van der Waals surface area contributed by atoms with E-state index in [1.807, 2.05) is 0 Å². The fourth-order valence-electron chi connectivity index (χ4n) is 2.23. The Labute approximate surface area is 122 Å². The number of esters is 1. The van der Waals surface area contributed by atoms with E-state index < -0.39 is 0 Å². The van der Waals surface area contributed by atoms with Crippen LogP contribution in [0.3, 0.4) is 0 Å². The lowest BCUT2D eigenvalue weighted by molar-refractivity contribution is -0.149. The van der Waals surface area contributed by atoms with Gasteiger partial charge in [-0.25, -0.2) is 4.39 Å². The molecule has 1 amide bonds. The topological polar surface area (TPSA) is 55.8 Å². The summed E-state index contributed by atoms with van der Waals surface area (Å²) in [4.78, 5) is 25.1. The monoisotopic (exact) mass is 295 g/mol. The normalized spacial score (nSPS) is 18.4. The molecule has 5 nitrogen and oxygen atoms in total. The number of halogens is 1. The molecule has 1 unspecified atom stereocenters. The lowest BCUT2D eigenvalue weighted by Crippen LogP contribution is -2.46. The second-order valence-electron chi connectivity index (χ2n) is 4.92. The van der Waals surface area contributed by atoms with Gasteiger partial charge in [0.05, 0.1) is 32.7 Å². The molecule has 21 heavy (non-hydrogen) atoms. The Balaban J connectivity index is 1.89. The van der Waals surface area contributed by atoms with Crippen molar-refractivity contribution in [2.45, 2.75) is 18.9 Å². The van der Waals surface area contributed by atoms with Gasteiger partial charge in [0.15, 0.2) is 0 Å². The zero-order valence-electron chi connectivity index (χ0n) is 11.9. The highest BCUT2D eigenvalue weighted by Gasteiger charge is 2.26. The fourth-order valence-corrected chi connectivity index (χ4v) is 2.23. The molecule has 1 aliphatic rings. The predicted octanol–water partition coefficient (Wildman–Crippen LogP) is 1.16. The summed E-state index contributed by atoms with van der Waals surface area (Å²) >= 11 is 0. The van der Waals surface area contributed by atoms with Gasteiger partial charge in [-0.15, -0.1) is 0 Å². The standard InChI is InChI=1S/C15H18FNO4/c1-20-15(19)9-13-10-17(6-7-21-13)14(18)8-11-2-4-12(16)5-3-11/h2-5,13H,6-10H2,1H3. The van der Waals surface area contributed by atoms with Gasteiger partial charge in [-0.3, -0.25) is 9.59 Å². The number of ether oxygens (including phenoxy) is 2. The molecule has 0 spiro atoms. The van der Waals surface area contributed by atoms with Gasteiger partial charge >= 0.3 is 5.97 Å². The SMILES string of the molecule is COC(=O)CC1CN(C(=O)Cc2ccc(F)cc2)CCO1. The maximum Gasteiger partial charge on any atom is 0.308 e. The molecule has 1 heterocycles. The van der Waals surface area contributed by atoms with E-state index in [1.165, 1.54) is 19.2 Å². The van der Waals surface area contributed by atoms with E-state index in [2.05, 4.69) is 4.74 Å². The van der Waals surface area contributed by atoms with E-state index >= 15 is 0 Å². The molecule has 0 N–H and O–H groups in total. The fraction of sp³-hybridized carbons (Fsp3) is 0.467. The van der Waals surface area contributed by atoms with Gasteiger partial charge < -0.3 is 14.4 Å². The first-order chi connectivity index (χ1) is 10.1. The third-order valence-corrected chi connectivity index (χ3v) is 3.38. The Morgan fingerprint density at radius 1 is 1.38 bits per heavy atom. The Bertz CT molecular complexity index is 503. The molecule has 1 aliphatic heterocycles. The highest BCUT2D eigenvalue weighted by Crippen LogP contribution is 2.12. The van der Waals surface area contributed by atoms with E-state index in [0.29, 0.717) is 19.7 Å². The van der Waals surface area contributed by atoms with E-state index in [1.54, 1.807) is 17.0 Å². The molecule has 6 heteroatoms. The zero-order valence-corrected chi connectivity index (χ0v) is 11.9. The van der Waals surface area contributed by atoms with Gasteiger partial charge in [0.1, 0.15) is 5.82 Å². The minimum absolute atomic E-state index is 0.0558. The summed E-state index contributed by atoms with van der Waals surface area (Å²) < 4.78 is 22.9. The Kier molecular flexibility index (Phi) is 5.27. The molecular weight excluding hydrogens is 277 g/mol. The van der Waals surface area contributed by atoms with Gasteiger partial charge in [-0.05, 0) is 17.7 Å². The van der Waals surface area contributed by atoms with Crippen LogP contribution in [0.2, 0.25) is 0 Å². The molecule has 0 aromatic heterocycles. The maximum atomic E-state index is 12.8. The van der Waals surface area contributed by atoms with Crippen molar-refractivity contribution in [2.24, 2.45) is 0 Å². The summed E-state index contributed by atoms with van der Waals surface area (Å²) in [6, 6.07) is 5.86. The number of hydrogen-bond acceptors (Lipinski definition) is 4. The van der Waals surface area contributed by atoms with E-state index in [4.69, 9.17) is 4.74 Å². The number of methoxy groups -OCH3 is 1. The van der Waals surface area contributed by atoms with Crippen LogP contribution in [0.1, 0.15) is 12.0 Å². The lowest BCUT2D eigenvalue weighted by Gasteiger charge is -2.32. The molecule has 1 saturated heterocycles. The van der Waals surface area contributed by atoms with Gasteiger partial charge in [0, 0.05) is 13.1 Å². The largest absolute Gasteiger partial charge is 0.469 e. The first kappa shape index (κ1) is 15.4. The van der Waals surface area contributed by atoms with Crippen LogP contribution in [0, 0.1) is 5.82 Å². The molecule has 1 fully saturated rings. The number of nitrogens with zero attached hydrogens (tertiary/aromatic N) is 1. The van der Waals surface area contributed by atoms with Crippen LogP contribution >= 0.6 is 0 Å². The molecule has 0 aliphatic carbocycles. The second-order valence-corrected chi connectivity index (χ2v) is 4.92. The lowest BCUT2D eigenvalue weighted by atomic mass is 10.1. The number of morpholine rings is 1. The quantitative estimate of drug-likeness (QED) is 0.782. The maximum absolute atomic E-state index is 12.8. The van der Waals surface area contributed by atoms with Crippen molar-refractivity contribution in [1.82, 2.24) is 4.90 Å². The highest BCUT2D eigenvalue weighted by molar-refractivity contribution is 5.79. The number of benzene rings is 1. The van der Waals surface area contributed by atoms with E-state index in [0.717, 1.165) is 5.56 Å². The van der Waals surface area contributed by atoms with Crippen LogP contribution in [0.15, 0.2) is 24.3 Å². The van der Waals surface area contributed by atoms with Crippen LogP contribution < -0.4 is 0 Å². The summed E-state index contributed by atoms with van der Waals surface area (Å²) in [7, 11) is 1.32. The Morgan fingerprint density at radius 2 is 2.10 bits per heavy atom. The average molecular weight is 295 g/mol. The molecule has 1 aromatic carbocycles. The molecule has 0 bridgehead atoms. The van der Waals surface area contributed by atoms with Crippen LogP contribution in [0.5, 0.6) is 0 Å². The number of rotatable bonds is 4. The van der Waals surface area contributed by atoms with Crippen molar-refractivity contribution in [3.05, 3.63) is 35.6 Å². The van der Waals surface area contributed by atoms with Gasteiger partial charge in [-0.2, -0.15) is 0 Å². The van der Waals surface area contributed by atoms with Crippen molar-refractivity contribution in [3.8, 4) is 0 Å². The molecule has 2 rings (SSSR count). The Hall–Kier alpha value is -1.95. The molecule has 1 aromatic rings. The van der Waals surface area contributed by atoms with Crippen molar-refractivity contribution in [2.75, 3.05) is 26.8 Å². The van der Waals surface area contributed by atoms with Gasteiger partial charge in [0.25, 0.3) is 0 Å². The van der Waals surface area contributed by atoms with Crippen molar-refractivity contribution in [1.29, 1.82) is 0 Å². The predicted molar refractivity (Wildman–Crippen MR) is 73.1 cm³/mol. The highest BCUT2D eigenvalue weighted by atomic mass is 19.1. The number of hydrogen-bond donors (Lipinski definition) is 0. The summed E-state index contributed by atoms with van der Waals surface area (Å²) in [6.45, 7) is 1.27. The van der Waals surface area contributed by atoms with Gasteiger partial charge in [-0.1, -0.05) is 12.1 Å². The van der Waals surface area contributed by atoms with Crippen LogP contribution in [0.4, 0.5) is 4.39 Å². The van der Waals surface area contributed by atoms with Crippen LogP contribution in [-0.4, -0.2) is 49.7 Å². The van der Waals surface area contributed by atoms with Crippen LogP contribution in [0.25, 0.3) is 0 Å². The van der Waals surface area contributed by atoms with Crippen molar-refractivity contribution >= 4 is 11.9 Å². The first-order valence-electron chi connectivity index (χ1n) is 6.79. The third-order valence-electron chi connectivity index (χ3n) is 3.38. The summed E-state index contributed by atoms with van der Waals surface area (Å²) in [6.07, 6.45) is 0.0190. The van der Waals surface area contributed by atoms with E-state index in [9.17, 15) is 14.0 Å². The molecular formula is C15H18FNO4. The number of carbonyl (C=O) groups is 2. The minimum Gasteiger partial charge on any atom is -0.469 e. The molecule has 1 atom stereocenters. The number of carbonyl (C=O) groups excluding carboxylic acids is 2. The molecule has 114 valence electrons. The minimum atomic E-state index is -0.354. The summed E-state index contributed by atoms with van der Waals surface area (Å²) in [5, 5.41) is 0. The van der Waals surface area contributed by atoms with Crippen LogP contribution in [-0.2, 0) is 25.5 Å². The summed E-state index contributed by atoms with van der Waals surface area (Å²) in [5.74, 6) is -0.733. The summed E-state index contributed by atoms with van der Waals surface area (Å²) in [5.41, 5.74) is 0.761. The third kappa shape index (κ3) is 4.53. The van der Waals surface area contributed by atoms with Gasteiger partial charge in [0.2, 0.25) is 5.91 Å². The Morgan fingerprint density at radius 3 is 2.76 bits per heavy atom. The smallest absolute Gasteiger partial charge is 0.308 e. The molecule has 0 saturated carbocycles.